The molecule has 0 unspecified atom stereocenters. The maximum Gasteiger partial charge on any atom is 2.00 e. The van der Waals surface area contributed by atoms with Crippen molar-refractivity contribution in [1.82, 2.24) is 0 Å². The zero-order chi connectivity index (χ0) is 57.7. The van der Waals surface area contributed by atoms with Crippen LogP contribution in [0.1, 0.15) is 173 Å². The van der Waals surface area contributed by atoms with Crippen molar-refractivity contribution in [3.63, 3.8) is 0 Å². The average Bonchev–Trinajstić information content (AvgIpc) is 3.36. The van der Waals surface area contributed by atoms with Crippen LogP contribution in [0.5, 0.6) is 11.5 Å². The summed E-state index contributed by atoms with van der Waals surface area (Å²) in [5, 5.41) is 11.2. The van der Waals surface area contributed by atoms with Crippen LogP contribution in [0.2, 0.25) is 0 Å². The summed E-state index contributed by atoms with van der Waals surface area (Å²) < 4.78 is 200. The van der Waals surface area contributed by atoms with Gasteiger partial charge in [0, 0.05) is 41.6 Å². The van der Waals surface area contributed by atoms with Gasteiger partial charge in [0.2, 0.25) is 0 Å². The summed E-state index contributed by atoms with van der Waals surface area (Å²) >= 11 is 2.70. The Morgan fingerprint density at radius 1 is 0.525 bits per heavy atom. The van der Waals surface area contributed by atoms with Crippen molar-refractivity contribution < 1.29 is 93.2 Å². The molecule has 4 aliphatic rings. The monoisotopic (exact) mass is 1240 g/mol. The number of hydrogen-bond acceptors (Lipinski definition) is 4. The van der Waals surface area contributed by atoms with Crippen molar-refractivity contribution in [1.29, 1.82) is 0 Å². The molecule has 4 saturated carbocycles. The van der Waals surface area contributed by atoms with Gasteiger partial charge >= 0.3 is 35.3 Å². The number of benzene rings is 4. The van der Waals surface area contributed by atoms with Gasteiger partial charge in [0.25, 0.3) is 0 Å². The second kappa shape index (κ2) is 32.1. The predicted molar refractivity (Wildman–Crippen MR) is 277 cm³/mol. The molecule has 4 nitrogen and oxygen atoms in total. The molecular formula is C59H68BrClF14MgO4. The first-order chi connectivity index (χ1) is 36.8. The minimum atomic E-state index is -4.67. The van der Waals surface area contributed by atoms with Crippen LogP contribution in [0.3, 0.4) is 0 Å². The molecule has 8 rings (SSSR count). The number of ketones is 1. The summed E-state index contributed by atoms with van der Waals surface area (Å²) in [5.41, 5.74) is -5.23. The Labute approximate surface area is 490 Å². The number of Topliss-reactive ketones (excluding diaryl/α,β-unsaturated/α-hetero) is 1. The molecule has 0 atom stereocenters. The Morgan fingerprint density at radius 3 is 1.15 bits per heavy atom. The molecular weight excluding hydrogens is 1180 g/mol. The Hall–Kier alpha value is -3.33. The van der Waals surface area contributed by atoms with Crippen molar-refractivity contribution in [3.8, 4) is 11.5 Å². The minimum absolute atomic E-state index is 0. The van der Waals surface area contributed by atoms with E-state index >= 15 is 0 Å². The Morgan fingerprint density at radius 2 is 0.825 bits per heavy atom. The van der Waals surface area contributed by atoms with Gasteiger partial charge in [-0.3, -0.25) is 4.79 Å². The van der Waals surface area contributed by atoms with E-state index in [1.165, 1.54) is 77.0 Å². The van der Waals surface area contributed by atoms with Gasteiger partial charge in [-0.25, -0.2) is 43.9 Å². The maximum atomic E-state index is 14.8. The zero-order valence-electron chi connectivity index (χ0n) is 45.2. The molecule has 21 heteroatoms. The molecule has 0 amide bonds. The molecule has 442 valence electrons. The van der Waals surface area contributed by atoms with Gasteiger partial charge in [-0.2, -0.15) is 31.4 Å². The first-order valence-corrected chi connectivity index (χ1v) is 27.6. The van der Waals surface area contributed by atoms with Gasteiger partial charge < -0.3 is 33.4 Å². The van der Waals surface area contributed by atoms with Gasteiger partial charge in [-0.15, -0.1) is 0 Å². The van der Waals surface area contributed by atoms with Crippen molar-refractivity contribution in [2.45, 2.75) is 174 Å². The van der Waals surface area contributed by atoms with Crippen molar-refractivity contribution in [3.05, 3.63) is 134 Å². The van der Waals surface area contributed by atoms with Crippen LogP contribution >= 0.6 is 15.9 Å². The molecule has 4 aliphatic carbocycles. The third-order valence-corrected chi connectivity index (χ3v) is 16.0. The molecule has 0 heterocycles. The topological polar surface area (TPSA) is 55.8 Å². The second-order valence-corrected chi connectivity index (χ2v) is 22.1. The Balaban J connectivity index is 0.000000332. The number of carbonyl (C=O) groups excluding carboxylic acids is 1. The number of ether oxygens (including phenoxy) is 2. The molecule has 0 aromatic heterocycles. The first kappa shape index (κ1) is 70.9. The van der Waals surface area contributed by atoms with Gasteiger partial charge in [-0.05, 0) is 130 Å². The second-order valence-electron chi connectivity index (χ2n) is 21.2. The van der Waals surface area contributed by atoms with Crippen LogP contribution in [0.15, 0.2) is 53.0 Å². The number of carbonyl (C=O) groups is 1. The third-order valence-electron chi connectivity index (χ3n) is 15.5. The van der Waals surface area contributed by atoms with E-state index in [0.29, 0.717) is 54.7 Å². The van der Waals surface area contributed by atoms with Crippen LogP contribution in [-0.4, -0.2) is 33.9 Å². The third kappa shape index (κ3) is 19.4. The largest absolute Gasteiger partial charge is 2.00 e. The fourth-order valence-electron chi connectivity index (χ4n) is 11.5. The number of hydrogen-bond donors (Lipinski definition) is 1. The average molecular weight is 1250 g/mol. The van der Waals surface area contributed by atoms with Crippen molar-refractivity contribution >= 4 is 44.8 Å². The van der Waals surface area contributed by atoms with E-state index in [1.54, 1.807) is 0 Å². The van der Waals surface area contributed by atoms with Crippen LogP contribution in [0, 0.1) is 100 Å². The Kier molecular flexibility index (Phi) is 28.4. The molecule has 80 heavy (non-hydrogen) atoms. The number of alkyl halides is 4. The van der Waals surface area contributed by atoms with E-state index < -0.39 is 98.6 Å². The molecule has 0 bridgehead atoms. The fourth-order valence-corrected chi connectivity index (χ4v) is 11.9. The SMILES string of the molecule is CCCC1CCC(C2CCC(=O)CC2)CC1.CCCC1CCC(C2CCC(O)(c3cc(F)c(C(F)(F)Oc4cc(F)c(F)c(F)c4)c(F)c3)CC2)CC1.C[CH-]C.Fc1cc(OC(F)(F)c2c(F)cc(Br)cc2F)cc(F)c1F.[Cl-].[Mg+2]. The van der Waals surface area contributed by atoms with Gasteiger partial charge in [-0.1, -0.05) is 81.1 Å². The molecule has 4 fully saturated rings. The normalized spacial score (nSPS) is 22.4. The molecule has 1 N–H and O–H groups in total. The number of aliphatic hydroxyl groups is 1. The van der Waals surface area contributed by atoms with E-state index in [-0.39, 0.29) is 82.6 Å². The number of halogens is 16. The summed E-state index contributed by atoms with van der Waals surface area (Å²) in [4.78, 5) is 11.2. The van der Waals surface area contributed by atoms with E-state index in [9.17, 15) is 71.4 Å². The fraction of sp³-hybridized carbons (Fsp3) is 0.559. The summed E-state index contributed by atoms with van der Waals surface area (Å²) in [5.74, 6) is -14.8. The van der Waals surface area contributed by atoms with Gasteiger partial charge in [0.05, 0.1) is 5.60 Å². The first-order valence-electron chi connectivity index (χ1n) is 26.8. The molecule has 4 aromatic carbocycles. The summed E-state index contributed by atoms with van der Waals surface area (Å²) in [6.45, 7) is 8.49. The quantitative estimate of drug-likeness (QED) is 0.0627. The summed E-state index contributed by atoms with van der Waals surface area (Å²) in [7, 11) is 0. The van der Waals surface area contributed by atoms with E-state index in [4.69, 9.17) is 0 Å². The van der Waals surface area contributed by atoms with Crippen LogP contribution in [0.4, 0.5) is 61.5 Å². The van der Waals surface area contributed by atoms with Gasteiger partial charge in [0.1, 0.15) is 51.7 Å². The molecule has 4 aromatic rings. The maximum absolute atomic E-state index is 14.8. The number of rotatable bonds is 13. The molecule has 0 radical (unpaired) electrons. The van der Waals surface area contributed by atoms with Crippen LogP contribution in [-0.2, 0) is 22.6 Å². The molecule has 0 aliphatic heterocycles. The minimum Gasteiger partial charge on any atom is -1.00 e. The molecule has 0 saturated heterocycles. The summed E-state index contributed by atoms with van der Waals surface area (Å²) in [6, 6.07) is 2.96. The van der Waals surface area contributed by atoms with E-state index in [1.807, 2.05) is 20.3 Å². The van der Waals surface area contributed by atoms with Crippen LogP contribution in [0.25, 0.3) is 0 Å². The van der Waals surface area contributed by atoms with E-state index in [0.717, 1.165) is 49.4 Å². The van der Waals surface area contributed by atoms with Crippen molar-refractivity contribution in [2.24, 2.45) is 35.5 Å². The standard InChI is InChI=1S/C28H31F7O2.C15H26O.C13H4BrF7O.C3H7.ClH.Mg/c1-2-3-16-4-6-17(7-5-16)18-8-10-27(36,11-9-18)19-12-21(29)25(22(30)13-19)28(34,35)37-20-14-23(31)26(33)24(32)15-20;1-2-3-12-4-6-13(7-5-12)14-8-10-15(16)11-9-14;14-5-1-7(15)11(8(16)2-5)13(20,21)22-6-3-9(17)12(19)10(18)4-6;1-3-2;;/h12-18,36H,2-11H2,1H3;12-14H,2-11H2,1H3;1-4H;3H,1-2H3;1H;/q;;;-1;;+2/p-1. The van der Waals surface area contributed by atoms with Crippen molar-refractivity contribution in [2.75, 3.05) is 0 Å². The predicted octanol–water partition coefficient (Wildman–Crippen LogP) is 16.0. The Bertz CT molecular complexity index is 2500. The molecule has 0 spiro atoms. The smallest absolute Gasteiger partial charge is 1.00 e. The van der Waals surface area contributed by atoms with Crippen LogP contribution < -0.4 is 21.9 Å². The zero-order valence-corrected chi connectivity index (χ0v) is 49.0. The van der Waals surface area contributed by atoms with Gasteiger partial charge in [0.15, 0.2) is 34.9 Å². The van der Waals surface area contributed by atoms with E-state index in [2.05, 4.69) is 39.3 Å². The summed E-state index contributed by atoms with van der Waals surface area (Å²) in [6.07, 6.45) is 14.5.